The van der Waals surface area contributed by atoms with Gasteiger partial charge in [-0.3, -0.25) is 0 Å². The fourth-order valence-electron chi connectivity index (χ4n) is 2.06. The molecular formula is C18H16N2. The number of hydrogen-bond acceptors (Lipinski definition) is 1. The molecule has 2 aromatic rings. The minimum absolute atomic E-state index is 0.653. The SMILES string of the molecule is C=C/C=C(\C=C/C)c1cn(-c2ccccc2)cc1C#N. The van der Waals surface area contributed by atoms with Gasteiger partial charge in [-0.05, 0) is 24.6 Å². The van der Waals surface area contributed by atoms with Gasteiger partial charge in [-0.1, -0.05) is 49.1 Å². The molecule has 0 aliphatic carbocycles. The molecular weight excluding hydrogens is 244 g/mol. The number of para-hydroxylation sites is 1. The van der Waals surface area contributed by atoms with E-state index < -0.39 is 0 Å². The monoisotopic (exact) mass is 260 g/mol. The van der Waals surface area contributed by atoms with E-state index in [1.54, 1.807) is 6.08 Å². The largest absolute Gasteiger partial charge is 0.322 e. The Morgan fingerprint density at radius 1 is 1.25 bits per heavy atom. The first-order chi connectivity index (χ1) is 9.80. The van der Waals surface area contributed by atoms with E-state index in [9.17, 15) is 5.26 Å². The maximum atomic E-state index is 9.32. The van der Waals surface area contributed by atoms with E-state index in [1.165, 1.54) is 0 Å². The molecule has 98 valence electrons. The number of aromatic nitrogens is 1. The summed E-state index contributed by atoms with van der Waals surface area (Å²) in [5.74, 6) is 0. The summed E-state index contributed by atoms with van der Waals surface area (Å²) in [6.07, 6.45) is 11.4. The van der Waals surface area contributed by atoms with E-state index >= 15 is 0 Å². The number of benzene rings is 1. The van der Waals surface area contributed by atoms with Gasteiger partial charge in [0.25, 0.3) is 0 Å². The fourth-order valence-corrected chi connectivity index (χ4v) is 2.06. The van der Waals surface area contributed by atoms with Crippen LogP contribution in [0, 0.1) is 11.3 Å². The molecule has 0 atom stereocenters. The summed E-state index contributed by atoms with van der Waals surface area (Å²) < 4.78 is 1.97. The molecule has 0 fully saturated rings. The molecule has 0 aliphatic rings. The highest BCUT2D eigenvalue weighted by atomic mass is 14.9. The zero-order valence-electron chi connectivity index (χ0n) is 11.5. The van der Waals surface area contributed by atoms with Crippen molar-refractivity contribution in [2.24, 2.45) is 0 Å². The predicted octanol–water partition coefficient (Wildman–Crippen LogP) is 4.49. The smallest absolute Gasteiger partial charge is 0.101 e. The second kappa shape index (κ2) is 6.40. The van der Waals surface area contributed by atoms with Crippen molar-refractivity contribution in [2.75, 3.05) is 0 Å². The summed E-state index contributed by atoms with van der Waals surface area (Å²) in [4.78, 5) is 0. The van der Waals surface area contributed by atoms with Gasteiger partial charge in [0.1, 0.15) is 6.07 Å². The fraction of sp³-hybridized carbons (Fsp3) is 0.0556. The zero-order chi connectivity index (χ0) is 14.4. The Labute approximate surface area is 119 Å². The van der Waals surface area contributed by atoms with Crippen molar-refractivity contribution in [3.05, 3.63) is 84.7 Å². The lowest BCUT2D eigenvalue weighted by Gasteiger charge is -2.01. The van der Waals surface area contributed by atoms with Crippen LogP contribution in [-0.2, 0) is 0 Å². The number of hydrogen-bond donors (Lipinski definition) is 0. The molecule has 0 bridgehead atoms. The van der Waals surface area contributed by atoms with E-state index in [-0.39, 0.29) is 0 Å². The van der Waals surface area contributed by atoms with Gasteiger partial charge >= 0.3 is 0 Å². The summed E-state index contributed by atoms with van der Waals surface area (Å²) in [6, 6.07) is 12.2. The van der Waals surface area contributed by atoms with Crippen LogP contribution in [0.5, 0.6) is 0 Å². The summed E-state index contributed by atoms with van der Waals surface area (Å²) in [7, 11) is 0. The molecule has 2 nitrogen and oxygen atoms in total. The Morgan fingerprint density at radius 2 is 2.00 bits per heavy atom. The van der Waals surface area contributed by atoms with Gasteiger partial charge in [0.05, 0.1) is 5.56 Å². The average molecular weight is 260 g/mol. The van der Waals surface area contributed by atoms with Gasteiger partial charge in [0.2, 0.25) is 0 Å². The van der Waals surface area contributed by atoms with Crippen LogP contribution in [0.25, 0.3) is 11.3 Å². The molecule has 0 radical (unpaired) electrons. The number of allylic oxidation sites excluding steroid dienone is 5. The molecule has 1 aromatic heterocycles. The van der Waals surface area contributed by atoms with Crippen molar-refractivity contribution in [3.63, 3.8) is 0 Å². The number of nitriles is 1. The van der Waals surface area contributed by atoms with Crippen molar-refractivity contribution < 1.29 is 0 Å². The van der Waals surface area contributed by atoms with Crippen molar-refractivity contribution in [3.8, 4) is 11.8 Å². The molecule has 0 spiro atoms. The van der Waals surface area contributed by atoms with Gasteiger partial charge in [0, 0.05) is 23.6 Å². The molecule has 20 heavy (non-hydrogen) atoms. The number of rotatable bonds is 4. The lowest BCUT2D eigenvalue weighted by Crippen LogP contribution is -1.88. The molecule has 0 N–H and O–H groups in total. The third-order valence-electron chi connectivity index (χ3n) is 2.96. The van der Waals surface area contributed by atoms with Crippen LogP contribution in [-0.4, -0.2) is 4.57 Å². The molecule has 0 saturated carbocycles. The highest BCUT2D eigenvalue weighted by Crippen LogP contribution is 2.23. The lowest BCUT2D eigenvalue weighted by atomic mass is 10.0. The second-order valence-corrected chi connectivity index (χ2v) is 4.30. The van der Waals surface area contributed by atoms with Crippen molar-refractivity contribution >= 4 is 5.57 Å². The molecule has 1 aromatic carbocycles. The van der Waals surface area contributed by atoms with Crippen LogP contribution in [0.3, 0.4) is 0 Å². The van der Waals surface area contributed by atoms with E-state index in [2.05, 4.69) is 12.6 Å². The number of nitrogens with zero attached hydrogens (tertiary/aromatic N) is 2. The van der Waals surface area contributed by atoms with Crippen molar-refractivity contribution in [1.82, 2.24) is 4.57 Å². The molecule has 2 rings (SSSR count). The quantitative estimate of drug-likeness (QED) is 0.744. The molecule has 2 heteroatoms. The summed E-state index contributed by atoms with van der Waals surface area (Å²) in [5, 5.41) is 9.32. The Balaban J connectivity index is 2.55. The van der Waals surface area contributed by atoms with Crippen LogP contribution in [0.2, 0.25) is 0 Å². The van der Waals surface area contributed by atoms with Gasteiger partial charge in [0.15, 0.2) is 0 Å². The van der Waals surface area contributed by atoms with Crippen LogP contribution >= 0.6 is 0 Å². The van der Waals surface area contributed by atoms with Crippen LogP contribution in [0.4, 0.5) is 0 Å². The molecule has 1 heterocycles. The second-order valence-electron chi connectivity index (χ2n) is 4.30. The maximum Gasteiger partial charge on any atom is 0.101 e. The van der Waals surface area contributed by atoms with Gasteiger partial charge in [-0.25, -0.2) is 0 Å². The molecule has 0 unspecified atom stereocenters. The lowest BCUT2D eigenvalue weighted by molar-refractivity contribution is 1.08. The molecule has 0 saturated heterocycles. The van der Waals surface area contributed by atoms with Crippen LogP contribution in [0.1, 0.15) is 18.1 Å². The summed E-state index contributed by atoms with van der Waals surface area (Å²) in [5.41, 5.74) is 3.58. The topological polar surface area (TPSA) is 28.7 Å². The Bertz CT molecular complexity index is 695. The minimum Gasteiger partial charge on any atom is -0.322 e. The normalized spacial score (nSPS) is 11.5. The van der Waals surface area contributed by atoms with Crippen LogP contribution in [0.15, 0.2) is 73.6 Å². The first kappa shape index (κ1) is 13.6. The standard InChI is InChI=1S/C18H16N2/c1-3-8-15(9-4-2)18-14-20(13-16(18)12-19)17-10-6-5-7-11-17/h3-11,13-14H,1H2,2H3/b9-4-,15-8+. The first-order valence-corrected chi connectivity index (χ1v) is 6.43. The van der Waals surface area contributed by atoms with Gasteiger partial charge < -0.3 is 4.57 Å². The van der Waals surface area contributed by atoms with E-state index in [0.717, 1.165) is 16.8 Å². The van der Waals surface area contributed by atoms with Crippen LogP contribution < -0.4 is 0 Å². The maximum absolute atomic E-state index is 9.32. The summed E-state index contributed by atoms with van der Waals surface area (Å²) in [6.45, 7) is 5.68. The summed E-state index contributed by atoms with van der Waals surface area (Å²) >= 11 is 0. The Kier molecular flexibility index (Phi) is 4.36. The predicted molar refractivity (Wildman–Crippen MR) is 83.5 cm³/mol. The van der Waals surface area contributed by atoms with Gasteiger partial charge in [-0.15, -0.1) is 0 Å². The highest BCUT2D eigenvalue weighted by Gasteiger charge is 2.09. The van der Waals surface area contributed by atoms with E-state index in [1.807, 2.05) is 72.4 Å². The third-order valence-corrected chi connectivity index (χ3v) is 2.96. The van der Waals surface area contributed by atoms with Crippen molar-refractivity contribution in [2.45, 2.75) is 6.92 Å². The Morgan fingerprint density at radius 3 is 2.60 bits per heavy atom. The van der Waals surface area contributed by atoms with Crippen molar-refractivity contribution in [1.29, 1.82) is 5.26 Å². The van der Waals surface area contributed by atoms with Gasteiger partial charge in [-0.2, -0.15) is 5.26 Å². The average Bonchev–Trinajstić information content (AvgIpc) is 2.92. The van der Waals surface area contributed by atoms with E-state index in [4.69, 9.17) is 0 Å². The molecule has 0 amide bonds. The Hall–Kier alpha value is -2.79. The van der Waals surface area contributed by atoms with E-state index in [0.29, 0.717) is 5.56 Å². The molecule has 0 aliphatic heterocycles. The zero-order valence-corrected chi connectivity index (χ0v) is 11.5. The highest BCUT2D eigenvalue weighted by molar-refractivity contribution is 5.78. The third kappa shape index (κ3) is 2.78. The minimum atomic E-state index is 0.653. The first-order valence-electron chi connectivity index (χ1n) is 6.43.